The van der Waals surface area contributed by atoms with Crippen LogP contribution in [0.5, 0.6) is 5.75 Å². The number of nitrogens with two attached hydrogens (primary N) is 1. The predicted octanol–water partition coefficient (Wildman–Crippen LogP) is 2.10. The molecule has 0 saturated carbocycles. The molecule has 29 heavy (non-hydrogen) atoms. The van der Waals surface area contributed by atoms with Gasteiger partial charge in [-0.3, -0.25) is 0 Å². The fraction of sp³-hybridized carbons (Fsp3) is 0.263. The van der Waals surface area contributed by atoms with Gasteiger partial charge in [-0.1, -0.05) is 24.3 Å². The minimum absolute atomic E-state index is 0.00987. The molecule has 0 atom stereocenters. The van der Waals surface area contributed by atoms with E-state index in [-0.39, 0.29) is 28.7 Å². The Kier molecular flexibility index (Phi) is 7.53. The Balaban J connectivity index is 2.19. The lowest BCUT2D eigenvalue weighted by Gasteiger charge is -2.13. The van der Waals surface area contributed by atoms with Crippen LogP contribution in [0.4, 0.5) is 4.39 Å². The number of benzene rings is 2. The summed E-state index contributed by atoms with van der Waals surface area (Å²) in [7, 11) is -4.62. The van der Waals surface area contributed by atoms with E-state index in [1.54, 1.807) is 18.2 Å². The molecule has 0 spiro atoms. The summed E-state index contributed by atoms with van der Waals surface area (Å²) in [4.78, 5) is 0.00349. The average Bonchev–Trinajstić information content (AvgIpc) is 2.66. The lowest BCUT2D eigenvalue weighted by molar-refractivity contribution is 0.298. The van der Waals surface area contributed by atoms with Crippen molar-refractivity contribution >= 4 is 19.9 Å². The summed E-state index contributed by atoms with van der Waals surface area (Å²) in [5.74, 6) is -1.56. The van der Waals surface area contributed by atoms with E-state index in [1.165, 1.54) is 44.4 Å². The lowest BCUT2D eigenvalue weighted by atomic mass is 10.2. The second-order valence-electron chi connectivity index (χ2n) is 6.31. The third-order valence-corrected chi connectivity index (χ3v) is 7.44. The van der Waals surface area contributed by atoms with Crippen molar-refractivity contribution in [2.45, 2.75) is 16.4 Å². The van der Waals surface area contributed by atoms with Crippen LogP contribution in [0.25, 0.3) is 0 Å². The number of nitrogens with zero attached hydrogens (tertiary/aromatic N) is 1. The van der Waals surface area contributed by atoms with Crippen molar-refractivity contribution < 1.29 is 26.0 Å². The molecule has 0 heterocycles. The topological polar surface area (TPSA) is 107 Å². The van der Waals surface area contributed by atoms with E-state index in [0.717, 1.165) is 10.4 Å². The van der Waals surface area contributed by atoms with Crippen molar-refractivity contribution in [2.75, 3.05) is 26.4 Å². The van der Waals surface area contributed by atoms with Gasteiger partial charge >= 0.3 is 0 Å². The van der Waals surface area contributed by atoms with Gasteiger partial charge in [-0.15, -0.1) is 0 Å². The minimum atomic E-state index is -3.96. The minimum Gasteiger partial charge on any atom is -0.488 e. The molecule has 0 fully saturated rings. The molecule has 7 nitrogen and oxygen atoms in total. The third kappa shape index (κ3) is 5.86. The molecule has 0 saturated heterocycles. The van der Waals surface area contributed by atoms with E-state index in [1.807, 2.05) is 0 Å². The molecule has 0 aliphatic carbocycles. The molecule has 10 heteroatoms. The molecule has 0 aliphatic heterocycles. The standard InChI is InChI=1S/C19H23FN2O5S2/c1-22(2)29(25,26)17-9-7-15(8-10-17)13-27-18-5-3-4-6-19(18)28(23,24)14-16(20)11-12-21/h3-11H,12-14,21H2,1-2H3. The third-order valence-electron chi connectivity index (χ3n) is 3.95. The Labute approximate surface area is 170 Å². The first kappa shape index (κ1) is 23.0. The summed E-state index contributed by atoms with van der Waals surface area (Å²) in [5, 5.41) is 0. The maximum absolute atomic E-state index is 13.7. The van der Waals surface area contributed by atoms with Gasteiger partial charge in [0.2, 0.25) is 10.0 Å². The van der Waals surface area contributed by atoms with E-state index in [9.17, 15) is 21.2 Å². The van der Waals surface area contributed by atoms with Crippen LogP contribution in [0.3, 0.4) is 0 Å². The zero-order chi connectivity index (χ0) is 21.7. The van der Waals surface area contributed by atoms with Gasteiger partial charge in [0, 0.05) is 20.6 Å². The highest BCUT2D eigenvalue weighted by Gasteiger charge is 2.22. The van der Waals surface area contributed by atoms with E-state index in [0.29, 0.717) is 5.56 Å². The first-order valence-electron chi connectivity index (χ1n) is 8.58. The number of rotatable bonds is 9. The molecule has 0 bridgehead atoms. The second-order valence-corrected chi connectivity index (χ2v) is 10.4. The number of hydrogen-bond donors (Lipinski definition) is 1. The lowest BCUT2D eigenvalue weighted by Crippen LogP contribution is -2.22. The van der Waals surface area contributed by atoms with E-state index >= 15 is 0 Å². The van der Waals surface area contributed by atoms with Crippen LogP contribution in [0.1, 0.15) is 5.56 Å². The van der Waals surface area contributed by atoms with E-state index in [4.69, 9.17) is 10.5 Å². The van der Waals surface area contributed by atoms with Gasteiger partial charge in [0.05, 0.1) is 4.90 Å². The van der Waals surface area contributed by atoms with Gasteiger partial charge < -0.3 is 10.5 Å². The Morgan fingerprint density at radius 3 is 2.28 bits per heavy atom. The second kappa shape index (κ2) is 9.49. The first-order valence-corrected chi connectivity index (χ1v) is 11.7. The van der Waals surface area contributed by atoms with Crippen LogP contribution < -0.4 is 10.5 Å². The highest BCUT2D eigenvalue weighted by Crippen LogP contribution is 2.27. The Bertz CT molecular complexity index is 1080. The molecule has 0 unspecified atom stereocenters. The Hall–Kier alpha value is -2.27. The Morgan fingerprint density at radius 1 is 1.07 bits per heavy atom. The fourth-order valence-corrected chi connectivity index (χ4v) is 4.66. The highest BCUT2D eigenvalue weighted by molar-refractivity contribution is 7.91. The summed E-state index contributed by atoms with van der Waals surface area (Å²) in [6.07, 6.45) is 1.00. The number of para-hydroxylation sites is 1. The summed E-state index contributed by atoms with van der Waals surface area (Å²) in [6.45, 7) is -0.0883. The normalized spacial score (nSPS) is 12.9. The predicted molar refractivity (Wildman–Crippen MR) is 108 cm³/mol. The monoisotopic (exact) mass is 442 g/mol. The number of sulfone groups is 1. The number of ether oxygens (including phenoxy) is 1. The van der Waals surface area contributed by atoms with Crippen molar-refractivity contribution in [3.63, 3.8) is 0 Å². The zero-order valence-corrected chi connectivity index (χ0v) is 17.7. The van der Waals surface area contributed by atoms with Gasteiger partial charge in [0.15, 0.2) is 9.84 Å². The molecule has 158 valence electrons. The summed E-state index contributed by atoms with van der Waals surface area (Å²) >= 11 is 0. The van der Waals surface area contributed by atoms with E-state index < -0.39 is 31.4 Å². The van der Waals surface area contributed by atoms with Crippen LogP contribution in [0.2, 0.25) is 0 Å². The van der Waals surface area contributed by atoms with Crippen molar-refractivity contribution in [2.24, 2.45) is 5.73 Å². The van der Waals surface area contributed by atoms with Crippen LogP contribution in [0, 0.1) is 0 Å². The largest absolute Gasteiger partial charge is 0.488 e. The fourth-order valence-electron chi connectivity index (χ4n) is 2.40. The zero-order valence-electron chi connectivity index (χ0n) is 16.1. The molecule has 0 aliphatic rings. The maximum atomic E-state index is 13.7. The summed E-state index contributed by atoms with van der Waals surface area (Å²) in [5.41, 5.74) is 5.85. The molecule has 2 aromatic rings. The number of hydrogen-bond acceptors (Lipinski definition) is 6. The van der Waals surface area contributed by atoms with Crippen LogP contribution in [0.15, 0.2) is 70.2 Å². The molecule has 2 N–H and O–H groups in total. The molecule has 0 radical (unpaired) electrons. The van der Waals surface area contributed by atoms with Crippen LogP contribution in [-0.2, 0) is 26.5 Å². The molecule has 0 aromatic heterocycles. The molecular formula is C19H23FN2O5S2. The molecular weight excluding hydrogens is 419 g/mol. The quantitative estimate of drug-likeness (QED) is 0.637. The van der Waals surface area contributed by atoms with Crippen molar-refractivity contribution in [3.05, 3.63) is 66.0 Å². The first-order chi connectivity index (χ1) is 13.6. The summed E-state index contributed by atoms with van der Waals surface area (Å²) in [6, 6.07) is 12.0. The van der Waals surface area contributed by atoms with E-state index in [2.05, 4.69) is 0 Å². The number of halogens is 1. The Morgan fingerprint density at radius 2 is 1.69 bits per heavy atom. The van der Waals surface area contributed by atoms with Gasteiger partial charge in [0.1, 0.15) is 28.8 Å². The summed E-state index contributed by atoms with van der Waals surface area (Å²) < 4.78 is 69.6. The average molecular weight is 443 g/mol. The van der Waals surface area contributed by atoms with Crippen molar-refractivity contribution in [1.29, 1.82) is 0 Å². The smallest absolute Gasteiger partial charge is 0.242 e. The SMILES string of the molecule is CN(C)S(=O)(=O)c1ccc(COc2ccccc2S(=O)(=O)CC(F)=CCN)cc1. The highest BCUT2D eigenvalue weighted by atomic mass is 32.2. The molecule has 2 rings (SSSR count). The van der Waals surface area contributed by atoms with Crippen molar-refractivity contribution in [3.8, 4) is 5.75 Å². The van der Waals surface area contributed by atoms with Crippen LogP contribution in [-0.4, -0.2) is 47.5 Å². The van der Waals surface area contributed by atoms with Crippen molar-refractivity contribution in [1.82, 2.24) is 4.31 Å². The van der Waals surface area contributed by atoms with Gasteiger partial charge in [0.25, 0.3) is 0 Å². The number of sulfonamides is 1. The van der Waals surface area contributed by atoms with Gasteiger partial charge in [-0.25, -0.2) is 25.5 Å². The maximum Gasteiger partial charge on any atom is 0.242 e. The molecule has 0 amide bonds. The van der Waals surface area contributed by atoms with Gasteiger partial charge in [-0.05, 0) is 35.9 Å². The van der Waals surface area contributed by atoms with Gasteiger partial charge in [-0.2, -0.15) is 0 Å². The molecule has 2 aromatic carbocycles. The van der Waals surface area contributed by atoms with Crippen LogP contribution >= 0.6 is 0 Å².